The first-order valence-electron chi connectivity index (χ1n) is 4.59. The molecule has 1 aromatic rings. The Kier molecular flexibility index (Phi) is 2.45. The number of halogens is 1. The lowest BCUT2D eigenvalue weighted by Gasteiger charge is -2.14. The fraction of sp³-hybridized carbons (Fsp3) is 0.300. The predicted octanol–water partition coefficient (Wildman–Crippen LogP) is 1.18. The van der Waals surface area contributed by atoms with Crippen molar-refractivity contribution in [3.63, 3.8) is 0 Å². The summed E-state index contributed by atoms with van der Waals surface area (Å²) in [5.74, 6) is -0.402. The molecule has 2 rings (SSSR count). The Morgan fingerprint density at radius 2 is 2.36 bits per heavy atom. The number of nitrogens with one attached hydrogen (secondary N) is 1. The molecule has 14 heavy (non-hydrogen) atoms. The average molecular weight is 193 g/mol. The molecule has 0 radical (unpaired) electrons. The van der Waals surface area contributed by atoms with E-state index in [4.69, 9.17) is 5.73 Å². The Bertz CT molecular complexity index is 374. The van der Waals surface area contributed by atoms with Crippen molar-refractivity contribution in [3.8, 4) is 0 Å². The van der Waals surface area contributed by atoms with Crippen LogP contribution in [0.1, 0.15) is 12.1 Å². The standard InChI is InChI=1S/C10H12FN3/c11-9-8(12)3-6-14-10(9)7-1-4-13-5-2-7/h1,3,6,13H,2,4-5H2,(H2,12,14). The van der Waals surface area contributed by atoms with E-state index in [0.29, 0.717) is 5.69 Å². The number of nitrogen functional groups attached to an aromatic ring is 1. The zero-order valence-corrected chi connectivity index (χ0v) is 7.76. The molecule has 0 unspecified atom stereocenters. The molecule has 0 saturated heterocycles. The largest absolute Gasteiger partial charge is 0.396 e. The minimum absolute atomic E-state index is 0.162. The Morgan fingerprint density at radius 3 is 3.07 bits per heavy atom. The molecule has 0 saturated carbocycles. The molecular formula is C10H12FN3. The number of rotatable bonds is 1. The number of anilines is 1. The Labute approximate surface area is 81.8 Å². The molecule has 1 aromatic heterocycles. The number of hydrogen-bond acceptors (Lipinski definition) is 3. The maximum Gasteiger partial charge on any atom is 0.171 e. The van der Waals surface area contributed by atoms with E-state index >= 15 is 0 Å². The van der Waals surface area contributed by atoms with Crippen LogP contribution in [-0.2, 0) is 0 Å². The third kappa shape index (κ3) is 1.61. The van der Waals surface area contributed by atoms with Gasteiger partial charge in [-0.1, -0.05) is 6.08 Å². The zero-order valence-electron chi connectivity index (χ0n) is 7.76. The summed E-state index contributed by atoms with van der Waals surface area (Å²) in [6.45, 7) is 1.63. The maximum absolute atomic E-state index is 13.5. The van der Waals surface area contributed by atoms with E-state index in [0.717, 1.165) is 25.1 Å². The molecule has 0 atom stereocenters. The first-order valence-corrected chi connectivity index (χ1v) is 4.59. The van der Waals surface area contributed by atoms with E-state index in [1.54, 1.807) is 0 Å². The molecule has 0 bridgehead atoms. The lowest BCUT2D eigenvalue weighted by molar-refractivity contribution is 0.618. The minimum Gasteiger partial charge on any atom is -0.396 e. The summed E-state index contributed by atoms with van der Waals surface area (Å²) in [7, 11) is 0. The molecule has 0 fully saturated rings. The molecule has 1 aliphatic rings. The number of nitrogens with two attached hydrogens (primary N) is 1. The lowest BCUT2D eigenvalue weighted by atomic mass is 10.0. The molecule has 0 aromatic carbocycles. The van der Waals surface area contributed by atoms with Crippen LogP contribution in [0, 0.1) is 5.82 Å². The van der Waals surface area contributed by atoms with Crippen LogP contribution in [0.2, 0.25) is 0 Å². The molecule has 0 spiro atoms. The van der Waals surface area contributed by atoms with Crippen LogP contribution in [0.3, 0.4) is 0 Å². The summed E-state index contributed by atoms with van der Waals surface area (Å²) in [6, 6.07) is 1.47. The van der Waals surface area contributed by atoms with Gasteiger partial charge >= 0.3 is 0 Å². The van der Waals surface area contributed by atoms with Crippen molar-refractivity contribution in [1.82, 2.24) is 10.3 Å². The van der Waals surface area contributed by atoms with E-state index in [9.17, 15) is 4.39 Å². The zero-order chi connectivity index (χ0) is 9.97. The second kappa shape index (κ2) is 3.75. The van der Waals surface area contributed by atoms with Gasteiger partial charge in [0.2, 0.25) is 0 Å². The highest BCUT2D eigenvalue weighted by atomic mass is 19.1. The second-order valence-corrected chi connectivity index (χ2v) is 3.25. The van der Waals surface area contributed by atoms with Gasteiger partial charge in [0.1, 0.15) is 5.69 Å². The van der Waals surface area contributed by atoms with Crippen molar-refractivity contribution in [2.45, 2.75) is 6.42 Å². The fourth-order valence-corrected chi connectivity index (χ4v) is 1.52. The summed E-state index contributed by atoms with van der Waals surface area (Å²) in [5, 5.41) is 3.16. The number of nitrogens with zero attached hydrogens (tertiary/aromatic N) is 1. The van der Waals surface area contributed by atoms with Crippen molar-refractivity contribution in [2.24, 2.45) is 0 Å². The van der Waals surface area contributed by atoms with Crippen LogP contribution in [0.5, 0.6) is 0 Å². The van der Waals surface area contributed by atoms with Crippen molar-refractivity contribution in [3.05, 3.63) is 29.9 Å². The van der Waals surface area contributed by atoms with E-state index in [2.05, 4.69) is 10.3 Å². The summed E-state index contributed by atoms with van der Waals surface area (Å²) in [5.41, 5.74) is 6.96. The topological polar surface area (TPSA) is 50.9 Å². The van der Waals surface area contributed by atoms with Gasteiger partial charge < -0.3 is 11.1 Å². The highest BCUT2D eigenvalue weighted by molar-refractivity contribution is 5.66. The molecule has 0 aliphatic carbocycles. The molecular weight excluding hydrogens is 181 g/mol. The van der Waals surface area contributed by atoms with Crippen LogP contribution in [0.15, 0.2) is 18.3 Å². The average Bonchev–Trinajstić information content (AvgIpc) is 2.23. The monoisotopic (exact) mass is 193 g/mol. The Balaban J connectivity index is 2.40. The predicted molar refractivity (Wildman–Crippen MR) is 54.1 cm³/mol. The van der Waals surface area contributed by atoms with E-state index in [-0.39, 0.29) is 5.69 Å². The van der Waals surface area contributed by atoms with Gasteiger partial charge in [-0.05, 0) is 24.6 Å². The summed E-state index contributed by atoms with van der Waals surface area (Å²) >= 11 is 0. The van der Waals surface area contributed by atoms with Crippen molar-refractivity contribution in [1.29, 1.82) is 0 Å². The summed E-state index contributed by atoms with van der Waals surface area (Å²) in [4.78, 5) is 4.01. The number of aromatic nitrogens is 1. The van der Waals surface area contributed by atoms with Crippen LogP contribution in [0.25, 0.3) is 5.57 Å². The van der Waals surface area contributed by atoms with E-state index < -0.39 is 5.82 Å². The van der Waals surface area contributed by atoms with Crippen molar-refractivity contribution < 1.29 is 4.39 Å². The van der Waals surface area contributed by atoms with Crippen LogP contribution in [0.4, 0.5) is 10.1 Å². The van der Waals surface area contributed by atoms with Crippen LogP contribution < -0.4 is 11.1 Å². The lowest BCUT2D eigenvalue weighted by Crippen LogP contribution is -2.20. The Hall–Kier alpha value is -1.42. The smallest absolute Gasteiger partial charge is 0.171 e. The molecule has 4 heteroatoms. The molecule has 0 amide bonds. The number of pyridine rings is 1. The molecule has 3 nitrogen and oxygen atoms in total. The first-order chi connectivity index (χ1) is 6.79. The van der Waals surface area contributed by atoms with Gasteiger partial charge in [0, 0.05) is 12.7 Å². The van der Waals surface area contributed by atoms with Gasteiger partial charge in [-0.2, -0.15) is 0 Å². The third-order valence-corrected chi connectivity index (χ3v) is 2.29. The first kappa shape index (κ1) is 9.15. The molecule has 1 aliphatic heterocycles. The summed E-state index contributed by atoms with van der Waals surface area (Å²) in [6.07, 6.45) is 4.29. The third-order valence-electron chi connectivity index (χ3n) is 2.29. The quantitative estimate of drug-likeness (QED) is 0.704. The van der Waals surface area contributed by atoms with Crippen molar-refractivity contribution >= 4 is 11.3 Å². The van der Waals surface area contributed by atoms with Gasteiger partial charge in [0.15, 0.2) is 5.82 Å². The Morgan fingerprint density at radius 1 is 1.50 bits per heavy atom. The van der Waals surface area contributed by atoms with Gasteiger partial charge in [-0.25, -0.2) is 4.39 Å². The second-order valence-electron chi connectivity index (χ2n) is 3.25. The summed E-state index contributed by atoms with van der Waals surface area (Å²) < 4.78 is 13.5. The molecule has 2 heterocycles. The van der Waals surface area contributed by atoms with Crippen molar-refractivity contribution in [2.75, 3.05) is 18.8 Å². The van der Waals surface area contributed by atoms with Gasteiger partial charge in [0.05, 0.1) is 5.69 Å². The van der Waals surface area contributed by atoms with E-state index in [1.807, 2.05) is 6.08 Å². The SMILES string of the molecule is Nc1ccnc(C2=CCNCC2)c1F. The minimum atomic E-state index is -0.402. The van der Waals surface area contributed by atoms with Gasteiger partial charge in [-0.3, -0.25) is 4.98 Å². The molecule has 74 valence electrons. The highest BCUT2D eigenvalue weighted by Gasteiger charge is 2.13. The van der Waals surface area contributed by atoms with Crippen LogP contribution >= 0.6 is 0 Å². The normalized spacial score (nSPS) is 16.5. The molecule has 3 N–H and O–H groups in total. The maximum atomic E-state index is 13.5. The number of hydrogen-bond donors (Lipinski definition) is 2. The fourth-order valence-electron chi connectivity index (χ4n) is 1.52. The van der Waals surface area contributed by atoms with Gasteiger partial charge in [-0.15, -0.1) is 0 Å². The van der Waals surface area contributed by atoms with Crippen LogP contribution in [-0.4, -0.2) is 18.1 Å². The highest BCUT2D eigenvalue weighted by Crippen LogP contribution is 2.23. The van der Waals surface area contributed by atoms with E-state index in [1.165, 1.54) is 12.3 Å². The van der Waals surface area contributed by atoms with Gasteiger partial charge in [0.25, 0.3) is 0 Å².